The van der Waals surface area contributed by atoms with Gasteiger partial charge in [0.15, 0.2) is 0 Å². The first-order chi connectivity index (χ1) is 11.7. The number of aliphatic hydroxyl groups excluding tert-OH is 1. The first kappa shape index (κ1) is 17.9. The quantitative estimate of drug-likeness (QED) is 0.764. The number of carboxylic acid groups (broad SMARTS) is 1. The zero-order valence-electron chi connectivity index (χ0n) is 15.0. The van der Waals surface area contributed by atoms with Gasteiger partial charge in [-0.05, 0) is 49.0 Å². The van der Waals surface area contributed by atoms with Gasteiger partial charge in [-0.25, -0.2) is 9.59 Å². The topological polar surface area (TPSA) is 83.8 Å². The number of carbonyl (C=O) groups excluding carboxylic acids is 1. The summed E-state index contributed by atoms with van der Waals surface area (Å²) in [5, 5.41) is 19.1. The summed E-state index contributed by atoms with van der Waals surface area (Å²) in [5.74, 6) is -0.791. The van der Waals surface area contributed by atoms with E-state index in [1.807, 2.05) is 6.08 Å². The second kappa shape index (κ2) is 6.13. The maximum Gasteiger partial charge on any atom is 0.336 e. The van der Waals surface area contributed by atoms with Gasteiger partial charge < -0.3 is 14.9 Å². The number of fused-ring (bicyclic) bond motifs is 1. The molecule has 1 fully saturated rings. The zero-order valence-corrected chi connectivity index (χ0v) is 15.0. The standard InChI is InChI=1S/C20H26O5/c1-12-7-9-20(3)14(17(22)23)5-4-6-15(20)19(12,2)10-8-13-11-16(21)25-18(13)24/h4-6,11-12,15-16,21H,7-10H2,1-3H3,(H,22,23)/t12-,15-,16?,19+,20-/m0/s1. The average Bonchev–Trinajstić information content (AvgIpc) is 2.87. The van der Waals surface area contributed by atoms with Crippen molar-refractivity contribution in [3.05, 3.63) is 35.5 Å². The molecule has 3 rings (SSSR count). The van der Waals surface area contributed by atoms with Crippen molar-refractivity contribution in [1.29, 1.82) is 0 Å². The van der Waals surface area contributed by atoms with Crippen LogP contribution < -0.4 is 0 Å². The summed E-state index contributed by atoms with van der Waals surface area (Å²) in [7, 11) is 0. The molecule has 0 aromatic carbocycles. The van der Waals surface area contributed by atoms with Crippen molar-refractivity contribution < 1.29 is 24.5 Å². The van der Waals surface area contributed by atoms with E-state index in [9.17, 15) is 19.8 Å². The Morgan fingerprint density at radius 1 is 1.40 bits per heavy atom. The molecule has 2 N–H and O–H groups in total. The van der Waals surface area contributed by atoms with Crippen LogP contribution in [0.3, 0.4) is 0 Å². The van der Waals surface area contributed by atoms with Gasteiger partial charge in [0.1, 0.15) is 0 Å². The Kier molecular flexibility index (Phi) is 4.40. The number of rotatable bonds is 4. The number of aliphatic hydroxyl groups is 1. The van der Waals surface area contributed by atoms with Crippen LogP contribution in [0.4, 0.5) is 0 Å². The minimum Gasteiger partial charge on any atom is -0.478 e. The Balaban J connectivity index is 1.87. The van der Waals surface area contributed by atoms with Crippen molar-refractivity contribution in [2.45, 2.75) is 52.7 Å². The van der Waals surface area contributed by atoms with Crippen LogP contribution in [-0.4, -0.2) is 28.4 Å². The van der Waals surface area contributed by atoms with Crippen LogP contribution >= 0.6 is 0 Å². The number of allylic oxidation sites excluding steroid dienone is 3. The van der Waals surface area contributed by atoms with E-state index in [0.717, 1.165) is 19.3 Å². The van der Waals surface area contributed by atoms with Crippen molar-refractivity contribution in [1.82, 2.24) is 0 Å². The third-order valence-corrected chi connectivity index (χ3v) is 6.80. The Hall–Kier alpha value is -1.88. The fourth-order valence-electron chi connectivity index (χ4n) is 4.99. The number of carboxylic acids is 1. The van der Waals surface area contributed by atoms with Crippen LogP contribution in [0, 0.1) is 22.7 Å². The van der Waals surface area contributed by atoms with E-state index in [0.29, 0.717) is 23.5 Å². The van der Waals surface area contributed by atoms with Gasteiger partial charge in [0.2, 0.25) is 6.29 Å². The molecule has 0 spiro atoms. The highest BCUT2D eigenvalue weighted by molar-refractivity contribution is 5.90. The van der Waals surface area contributed by atoms with Crippen molar-refractivity contribution in [3.63, 3.8) is 0 Å². The second-order valence-corrected chi connectivity index (χ2v) is 8.10. The molecule has 0 aromatic rings. The maximum absolute atomic E-state index is 11.8. The number of hydrogen-bond donors (Lipinski definition) is 2. The predicted molar refractivity (Wildman–Crippen MR) is 92.4 cm³/mol. The number of carbonyl (C=O) groups is 2. The monoisotopic (exact) mass is 346 g/mol. The van der Waals surface area contributed by atoms with E-state index in [4.69, 9.17) is 4.74 Å². The van der Waals surface area contributed by atoms with E-state index in [1.54, 1.807) is 6.08 Å². The Labute approximate surface area is 148 Å². The number of cyclic esters (lactones) is 1. The summed E-state index contributed by atoms with van der Waals surface area (Å²) in [6.45, 7) is 6.46. The molecule has 5 heteroatoms. The van der Waals surface area contributed by atoms with Crippen LogP contribution in [-0.2, 0) is 14.3 Å². The second-order valence-electron chi connectivity index (χ2n) is 8.10. The molecule has 25 heavy (non-hydrogen) atoms. The lowest BCUT2D eigenvalue weighted by atomic mass is 9.48. The number of hydrogen-bond acceptors (Lipinski definition) is 4. The minimum absolute atomic E-state index is 0.0998. The highest BCUT2D eigenvalue weighted by Gasteiger charge is 2.54. The average molecular weight is 346 g/mol. The van der Waals surface area contributed by atoms with Gasteiger partial charge in [-0.1, -0.05) is 39.0 Å². The number of esters is 1. The lowest BCUT2D eigenvalue weighted by Gasteiger charge is -2.56. The maximum atomic E-state index is 11.8. The molecule has 0 saturated heterocycles. The van der Waals surface area contributed by atoms with Gasteiger partial charge in [-0.2, -0.15) is 0 Å². The molecule has 5 atom stereocenters. The molecule has 1 aliphatic heterocycles. The Morgan fingerprint density at radius 2 is 2.12 bits per heavy atom. The molecule has 5 nitrogen and oxygen atoms in total. The fourth-order valence-corrected chi connectivity index (χ4v) is 4.99. The van der Waals surface area contributed by atoms with Crippen LogP contribution in [0.5, 0.6) is 0 Å². The van der Waals surface area contributed by atoms with Crippen molar-refractivity contribution in [2.24, 2.45) is 22.7 Å². The van der Waals surface area contributed by atoms with E-state index in [-0.39, 0.29) is 11.3 Å². The van der Waals surface area contributed by atoms with Crippen molar-refractivity contribution in [3.8, 4) is 0 Å². The molecular formula is C20H26O5. The van der Waals surface area contributed by atoms with Gasteiger partial charge in [0.25, 0.3) is 0 Å². The van der Waals surface area contributed by atoms with Crippen LogP contribution in [0.1, 0.15) is 46.5 Å². The lowest BCUT2D eigenvalue weighted by molar-refractivity contribution is -0.151. The predicted octanol–water partition coefficient (Wildman–Crippen LogP) is 3.21. The van der Waals surface area contributed by atoms with Crippen LogP contribution in [0.2, 0.25) is 0 Å². The molecule has 0 radical (unpaired) electrons. The van der Waals surface area contributed by atoms with E-state index < -0.39 is 23.6 Å². The first-order valence-electron chi connectivity index (χ1n) is 8.90. The molecular weight excluding hydrogens is 320 g/mol. The SMILES string of the molecule is C[C@H]1CC[C@@]2(C)C(C(=O)O)=CC=C[C@H]2[C@]1(C)CCC1=CC(O)OC1=O. The summed E-state index contributed by atoms with van der Waals surface area (Å²) >= 11 is 0. The van der Waals surface area contributed by atoms with Crippen LogP contribution in [0.25, 0.3) is 0 Å². The smallest absolute Gasteiger partial charge is 0.336 e. The molecule has 1 heterocycles. The normalized spacial score (nSPS) is 40.2. The summed E-state index contributed by atoms with van der Waals surface area (Å²) in [6, 6.07) is 0. The first-order valence-corrected chi connectivity index (χ1v) is 8.90. The fraction of sp³-hybridized carbons (Fsp3) is 0.600. The summed E-state index contributed by atoms with van der Waals surface area (Å²) < 4.78 is 4.77. The van der Waals surface area contributed by atoms with E-state index >= 15 is 0 Å². The molecule has 0 amide bonds. The zero-order chi connectivity index (χ0) is 18.4. The molecule has 1 unspecified atom stereocenters. The summed E-state index contributed by atoms with van der Waals surface area (Å²) in [6.07, 6.45) is 9.13. The molecule has 136 valence electrons. The number of aliphatic carboxylic acids is 1. The summed E-state index contributed by atoms with van der Waals surface area (Å²) in [4.78, 5) is 23.5. The van der Waals surface area contributed by atoms with Gasteiger partial charge >= 0.3 is 11.9 Å². The lowest BCUT2D eigenvalue weighted by Crippen LogP contribution is -2.49. The highest BCUT2D eigenvalue weighted by atomic mass is 16.6. The summed E-state index contributed by atoms with van der Waals surface area (Å²) in [5.41, 5.74) is 0.467. The highest BCUT2D eigenvalue weighted by Crippen LogP contribution is 2.60. The third kappa shape index (κ3) is 2.84. The molecule has 2 aliphatic carbocycles. The van der Waals surface area contributed by atoms with Gasteiger partial charge in [0.05, 0.1) is 0 Å². The van der Waals surface area contributed by atoms with Crippen molar-refractivity contribution in [2.75, 3.05) is 0 Å². The third-order valence-electron chi connectivity index (χ3n) is 6.80. The van der Waals surface area contributed by atoms with Crippen molar-refractivity contribution >= 4 is 11.9 Å². The van der Waals surface area contributed by atoms with E-state index in [2.05, 4.69) is 26.8 Å². The molecule has 3 aliphatic rings. The Morgan fingerprint density at radius 3 is 2.72 bits per heavy atom. The van der Waals surface area contributed by atoms with E-state index in [1.165, 1.54) is 6.08 Å². The molecule has 0 aromatic heterocycles. The van der Waals surface area contributed by atoms with Gasteiger partial charge in [-0.3, -0.25) is 0 Å². The van der Waals surface area contributed by atoms with Gasteiger partial charge in [0, 0.05) is 16.6 Å². The van der Waals surface area contributed by atoms with Gasteiger partial charge in [-0.15, -0.1) is 0 Å². The van der Waals surface area contributed by atoms with Crippen LogP contribution in [0.15, 0.2) is 35.5 Å². The number of ether oxygens (including phenoxy) is 1. The minimum atomic E-state index is -1.14. The largest absolute Gasteiger partial charge is 0.478 e. The molecule has 0 bridgehead atoms. The Bertz CT molecular complexity index is 688. The molecule has 1 saturated carbocycles.